The zero-order valence-corrected chi connectivity index (χ0v) is 11.9. The topological polar surface area (TPSA) is 49.3 Å². The van der Waals surface area contributed by atoms with Crippen molar-refractivity contribution in [2.75, 3.05) is 5.32 Å². The van der Waals surface area contributed by atoms with Crippen LogP contribution in [-0.2, 0) is 0 Å². The number of aromatic carboxylic acids is 1. The van der Waals surface area contributed by atoms with Crippen LogP contribution in [0.3, 0.4) is 0 Å². The summed E-state index contributed by atoms with van der Waals surface area (Å²) in [5.41, 5.74) is 0.790. The zero-order valence-electron chi connectivity index (χ0n) is 11.9. The summed E-state index contributed by atoms with van der Waals surface area (Å²) in [6.45, 7) is 2.01. The monoisotopic (exact) mass is 303 g/mol. The van der Waals surface area contributed by atoms with Gasteiger partial charge in [-0.05, 0) is 36.4 Å². The number of hydrogen-bond donors (Lipinski definition) is 2. The van der Waals surface area contributed by atoms with E-state index in [1.807, 2.05) is 13.0 Å². The Morgan fingerprint density at radius 1 is 1.18 bits per heavy atom. The van der Waals surface area contributed by atoms with Gasteiger partial charge in [-0.2, -0.15) is 0 Å². The first-order valence-electron chi connectivity index (χ1n) is 6.77. The van der Waals surface area contributed by atoms with Crippen molar-refractivity contribution >= 4 is 11.7 Å². The molecule has 0 aliphatic heterocycles. The molecule has 0 aliphatic rings. The minimum atomic E-state index is -1.43. The fourth-order valence-electron chi connectivity index (χ4n) is 1.95. The van der Waals surface area contributed by atoms with Gasteiger partial charge in [0.2, 0.25) is 0 Å². The van der Waals surface area contributed by atoms with E-state index in [2.05, 4.69) is 5.32 Å². The molecule has 5 heteroatoms. The number of benzene rings is 2. The van der Waals surface area contributed by atoms with Gasteiger partial charge in [0.1, 0.15) is 11.6 Å². The van der Waals surface area contributed by atoms with Gasteiger partial charge in [0.25, 0.3) is 0 Å². The molecule has 0 unspecified atom stereocenters. The number of carboxylic acids is 1. The Labute approximate surface area is 126 Å². The highest BCUT2D eigenvalue weighted by Gasteiger charge is 2.16. The Balaban J connectivity index is 2.34. The number of anilines is 1. The number of halogens is 2. The van der Waals surface area contributed by atoms with Crippen LogP contribution in [0.25, 0.3) is 11.1 Å². The normalized spacial score (nSPS) is 10.9. The first-order chi connectivity index (χ1) is 10.5. The predicted molar refractivity (Wildman–Crippen MR) is 81.8 cm³/mol. The van der Waals surface area contributed by atoms with Crippen LogP contribution in [0.4, 0.5) is 14.5 Å². The molecule has 2 aromatic carbocycles. The Morgan fingerprint density at radius 3 is 2.45 bits per heavy atom. The summed E-state index contributed by atoms with van der Waals surface area (Å²) in [6, 6.07) is 8.35. The molecule has 3 nitrogen and oxygen atoms in total. The SMILES string of the molecule is CC/C=C\Nc1ccc(-c2cc(C(=O)O)c(F)cc2F)cc1. The molecule has 0 spiro atoms. The highest BCUT2D eigenvalue weighted by molar-refractivity contribution is 5.90. The van der Waals surface area contributed by atoms with Crippen molar-refractivity contribution in [2.45, 2.75) is 13.3 Å². The van der Waals surface area contributed by atoms with E-state index in [0.29, 0.717) is 11.6 Å². The summed E-state index contributed by atoms with van der Waals surface area (Å²) >= 11 is 0. The summed E-state index contributed by atoms with van der Waals surface area (Å²) in [4.78, 5) is 10.9. The van der Waals surface area contributed by atoms with Gasteiger partial charge < -0.3 is 10.4 Å². The van der Waals surface area contributed by atoms with Crippen LogP contribution in [0.1, 0.15) is 23.7 Å². The highest BCUT2D eigenvalue weighted by atomic mass is 19.1. The number of carboxylic acid groups (broad SMARTS) is 1. The van der Waals surface area contributed by atoms with E-state index < -0.39 is 23.2 Å². The minimum absolute atomic E-state index is 0.0504. The van der Waals surface area contributed by atoms with Crippen molar-refractivity contribution in [3.8, 4) is 11.1 Å². The number of nitrogens with one attached hydrogen (secondary N) is 1. The Morgan fingerprint density at radius 2 is 1.86 bits per heavy atom. The van der Waals surface area contributed by atoms with Gasteiger partial charge in [0.15, 0.2) is 0 Å². The first kappa shape index (κ1) is 15.7. The molecular formula is C17H15F2NO2. The van der Waals surface area contributed by atoms with E-state index in [-0.39, 0.29) is 5.56 Å². The fraction of sp³-hybridized carbons (Fsp3) is 0.118. The van der Waals surface area contributed by atoms with Crippen LogP contribution in [0.15, 0.2) is 48.7 Å². The quantitative estimate of drug-likeness (QED) is 0.844. The van der Waals surface area contributed by atoms with E-state index in [9.17, 15) is 13.6 Å². The predicted octanol–water partition coefficient (Wildman–Crippen LogP) is 4.67. The van der Waals surface area contributed by atoms with Crippen molar-refractivity contribution in [1.82, 2.24) is 0 Å². The lowest BCUT2D eigenvalue weighted by molar-refractivity contribution is 0.0692. The third-order valence-corrected chi connectivity index (χ3v) is 3.09. The van der Waals surface area contributed by atoms with E-state index in [0.717, 1.165) is 18.2 Å². The molecule has 0 heterocycles. The van der Waals surface area contributed by atoms with Gasteiger partial charge in [-0.15, -0.1) is 0 Å². The van der Waals surface area contributed by atoms with Gasteiger partial charge in [-0.25, -0.2) is 13.6 Å². The van der Waals surface area contributed by atoms with Crippen LogP contribution >= 0.6 is 0 Å². The van der Waals surface area contributed by atoms with Crippen LogP contribution < -0.4 is 5.32 Å². The number of rotatable bonds is 5. The molecule has 0 aliphatic carbocycles. The average molecular weight is 303 g/mol. The smallest absolute Gasteiger partial charge is 0.338 e. The Bertz CT molecular complexity index is 709. The molecule has 2 N–H and O–H groups in total. The Kier molecular flexibility index (Phi) is 4.88. The van der Waals surface area contributed by atoms with Crippen LogP contribution in [0.5, 0.6) is 0 Å². The molecule has 114 valence electrons. The zero-order chi connectivity index (χ0) is 16.1. The molecule has 0 radical (unpaired) electrons. The van der Waals surface area contributed by atoms with Gasteiger partial charge in [0.05, 0.1) is 5.56 Å². The van der Waals surface area contributed by atoms with Gasteiger partial charge >= 0.3 is 5.97 Å². The van der Waals surface area contributed by atoms with E-state index in [1.165, 1.54) is 0 Å². The molecule has 0 atom stereocenters. The van der Waals surface area contributed by atoms with E-state index >= 15 is 0 Å². The number of hydrogen-bond acceptors (Lipinski definition) is 2. The summed E-state index contributed by atoms with van der Waals surface area (Å²) in [6.07, 6.45) is 4.66. The standard InChI is InChI=1S/C17H15F2NO2/c1-2-3-8-20-12-6-4-11(5-7-12)13-9-14(17(21)22)16(19)10-15(13)18/h3-10,20H,2H2,1H3,(H,21,22)/b8-3-. The highest BCUT2D eigenvalue weighted by Crippen LogP contribution is 2.27. The van der Waals surface area contributed by atoms with Gasteiger partial charge in [-0.3, -0.25) is 0 Å². The molecule has 0 saturated heterocycles. The molecular weight excluding hydrogens is 288 g/mol. The first-order valence-corrected chi connectivity index (χ1v) is 6.77. The van der Waals surface area contributed by atoms with Crippen molar-refractivity contribution in [1.29, 1.82) is 0 Å². The number of carbonyl (C=O) groups is 1. The molecule has 0 aromatic heterocycles. The van der Waals surface area contributed by atoms with Gasteiger partial charge in [-0.1, -0.05) is 25.1 Å². The third kappa shape index (κ3) is 3.49. The summed E-state index contributed by atoms with van der Waals surface area (Å²) < 4.78 is 27.3. The molecule has 0 fully saturated rings. The Hall–Kier alpha value is -2.69. The molecule has 2 aromatic rings. The van der Waals surface area contributed by atoms with Crippen molar-refractivity contribution in [2.24, 2.45) is 0 Å². The maximum atomic E-state index is 13.9. The second kappa shape index (κ2) is 6.85. The molecule has 0 bridgehead atoms. The van der Waals surface area contributed by atoms with Crippen LogP contribution in [0, 0.1) is 11.6 Å². The van der Waals surface area contributed by atoms with Crippen LogP contribution in [0.2, 0.25) is 0 Å². The molecule has 2 rings (SSSR count). The molecule has 22 heavy (non-hydrogen) atoms. The van der Waals surface area contributed by atoms with Crippen molar-refractivity contribution < 1.29 is 18.7 Å². The lowest BCUT2D eigenvalue weighted by Crippen LogP contribution is -2.02. The third-order valence-electron chi connectivity index (χ3n) is 3.09. The van der Waals surface area contributed by atoms with Crippen molar-refractivity contribution in [3.05, 3.63) is 65.9 Å². The lowest BCUT2D eigenvalue weighted by Gasteiger charge is -2.08. The second-order valence-corrected chi connectivity index (χ2v) is 4.65. The minimum Gasteiger partial charge on any atom is -0.478 e. The van der Waals surface area contributed by atoms with Gasteiger partial charge in [0, 0.05) is 17.3 Å². The largest absolute Gasteiger partial charge is 0.478 e. The lowest BCUT2D eigenvalue weighted by atomic mass is 10.0. The maximum absolute atomic E-state index is 13.9. The molecule has 0 saturated carbocycles. The van der Waals surface area contributed by atoms with E-state index in [4.69, 9.17) is 5.11 Å². The van der Waals surface area contributed by atoms with E-state index in [1.54, 1.807) is 30.5 Å². The average Bonchev–Trinajstić information content (AvgIpc) is 2.48. The van der Waals surface area contributed by atoms with Crippen molar-refractivity contribution in [3.63, 3.8) is 0 Å². The fourth-order valence-corrected chi connectivity index (χ4v) is 1.95. The summed E-state index contributed by atoms with van der Waals surface area (Å²) in [5, 5.41) is 12.0. The maximum Gasteiger partial charge on any atom is 0.338 e. The van der Waals surface area contributed by atoms with Crippen LogP contribution in [-0.4, -0.2) is 11.1 Å². The summed E-state index contributed by atoms with van der Waals surface area (Å²) in [7, 11) is 0. The number of allylic oxidation sites excluding steroid dienone is 1. The summed E-state index contributed by atoms with van der Waals surface area (Å²) in [5.74, 6) is -3.31. The second-order valence-electron chi connectivity index (χ2n) is 4.65. The molecule has 0 amide bonds.